The predicted molar refractivity (Wildman–Crippen MR) is 67.6 cm³/mol. The van der Waals surface area contributed by atoms with Gasteiger partial charge < -0.3 is 10.8 Å². The molecule has 0 aliphatic rings. The smallest absolute Gasteiger partial charge is 0.127 e. The fourth-order valence-corrected chi connectivity index (χ4v) is 1.91. The summed E-state index contributed by atoms with van der Waals surface area (Å²) in [6.45, 7) is 4.03. The first kappa shape index (κ1) is 11.7. The number of aliphatic hydroxyl groups is 1. The average molecular weight is 231 g/mol. The van der Waals surface area contributed by atoms with E-state index in [1.165, 1.54) is 0 Å². The maximum atomic E-state index is 10.4. The van der Waals surface area contributed by atoms with Crippen LogP contribution in [0.25, 0.3) is 0 Å². The Morgan fingerprint density at radius 1 is 1.29 bits per heavy atom. The highest BCUT2D eigenvalue weighted by Gasteiger charge is 2.18. The van der Waals surface area contributed by atoms with Crippen molar-refractivity contribution in [2.75, 3.05) is 5.73 Å². The van der Waals surface area contributed by atoms with E-state index >= 15 is 0 Å². The van der Waals surface area contributed by atoms with Crippen molar-refractivity contribution in [1.82, 2.24) is 9.78 Å². The molecule has 3 N–H and O–H groups in total. The number of anilines is 1. The van der Waals surface area contributed by atoms with Crippen molar-refractivity contribution in [2.45, 2.75) is 20.0 Å². The highest BCUT2D eigenvalue weighted by molar-refractivity contribution is 5.47. The molecule has 0 aliphatic carbocycles. The molecule has 1 heterocycles. The summed E-state index contributed by atoms with van der Waals surface area (Å²) in [6, 6.07) is 5.88. The number of hydrogen-bond donors (Lipinski definition) is 2. The van der Waals surface area contributed by atoms with Crippen LogP contribution >= 0.6 is 0 Å². The Hall–Kier alpha value is -1.81. The second kappa shape index (κ2) is 4.22. The van der Waals surface area contributed by atoms with Crippen molar-refractivity contribution in [3.63, 3.8) is 0 Å². The zero-order valence-corrected chi connectivity index (χ0v) is 10.3. The van der Waals surface area contributed by atoms with Gasteiger partial charge in [0.2, 0.25) is 0 Å². The van der Waals surface area contributed by atoms with Crippen LogP contribution in [0.3, 0.4) is 0 Å². The number of hydrogen-bond acceptors (Lipinski definition) is 3. The summed E-state index contributed by atoms with van der Waals surface area (Å²) >= 11 is 0. The van der Waals surface area contributed by atoms with Crippen molar-refractivity contribution in [3.05, 3.63) is 46.6 Å². The third kappa shape index (κ3) is 1.91. The molecular formula is C13H17N3O. The van der Waals surface area contributed by atoms with Crippen molar-refractivity contribution in [1.29, 1.82) is 0 Å². The predicted octanol–water partition coefficient (Wildman–Crippen LogP) is 1.70. The van der Waals surface area contributed by atoms with Crippen molar-refractivity contribution >= 4 is 5.82 Å². The van der Waals surface area contributed by atoms with E-state index in [0.29, 0.717) is 11.4 Å². The van der Waals surface area contributed by atoms with Crippen LogP contribution in [0.1, 0.15) is 28.4 Å². The standard InChI is InChI=1S/C13H17N3O/c1-8-5-4-6-10(9(8)2)12(17)11-7-15-16(3)13(11)14/h4-7,12,17H,14H2,1-3H3. The fraction of sp³-hybridized carbons (Fsp3) is 0.308. The molecule has 1 atom stereocenters. The van der Waals surface area contributed by atoms with Gasteiger partial charge in [-0.05, 0) is 30.5 Å². The third-order valence-electron chi connectivity index (χ3n) is 3.25. The van der Waals surface area contributed by atoms with E-state index in [9.17, 15) is 5.11 Å². The third-order valence-corrected chi connectivity index (χ3v) is 3.25. The Morgan fingerprint density at radius 2 is 2.00 bits per heavy atom. The highest BCUT2D eigenvalue weighted by atomic mass is 16.3. The fourth-order valence-electron chi connectivity index (χ4n) is 1.91. The minimum atomic E-state index is -0.719. The van der Waals surface area contributed by atoms with Gasteiger partial charge in [0.15, 0.2) is 0 Å². The summed E-state index contributed by atoms with van der Waals surface area (Å²) < 4.78 is 1.56. The molecule has 90 valence electrons. The quantitative estimate of drug-likeness (QED) is 0.826. The molecule has 2 aromatic rings. The van der Waals surface area contributed by atoms with Gasteiger partial charge in [-0.2, -0.15) is 5.10 Å². The number of aliphatic hydroxyl groups excluding tert-OH is 1. The molecule has 4 nitrogen and oxygen atoms in total. The zero-order chi connectivity index (χ0) is 12.6. The van der Waals surface area contributed by atoms with E-state index in [2.05, 4.69) is 5.10 Å². The van der Waals surface area contributed by atoms with Gasteiger partial charge in [0.25, 0.3) is 0 Å². The number of nitrogens with two attached hydrogens (primary N) is 1. The second-order valence-electron chi connectivity index (χ2n) is 4.30. The molecule has 2 rings (SSSR count). The molecular weight excluding hydrogens is 214 g/mol. The van der Waals surface area contributed by atoms with Crippen molar-refractivity contribution in [3.8, 4) is 0 Å². The molecule has 0 saturated carbocycles. The van der Waals surface area contributed by atoms with Crippen LogP contribution in [0.4, 0.5) is 5.82 Å². The Morgan fingerprint density at radius 3 is 2.59 bits per heavy atom. The summed E-state index contributed by atoms with van der Waals surface area (Å²) in [6.07, 6.45) is 0.894. The first-order chi connectivity index (χ1) is 8.02. The number of aryl methyl sites for hydroxylation is 2. The molecule has 0 radical (unpaired) electrons. The lowest BCUT2D eigenvalue weighted by molar-refractivity contribution is 0.220. The normalized spacial score (nSPS) is 12.7. The van der Waals surface area contributed by atoms with Crippen molar-refractivity contribution < 1.29 is 5.11 Å². The van der Waals surface area contributed by atoms with Gasteiger partial charge in [0.05, 0.1) is 6.20 Å². The lowest BCUT2D eigenvalue weighted by Crippen LogP contribution is -2.06. The maximum absolute atomic E-state index is 10.4. The van der Waals surface area contributed by atoms with Gasteiger partial charge in [-0.3, -0.25) is 4.68 Å². The SMILES string of the molecule is Cc1cccc(C(O)c2cnn(C)c2N)c1C. The Balaban J connectivity index is 2.47. The van der Waals surface area contributed by atoms with Gasteiger partial charge in [-0.25, -0.2) is 0 Å². The highest BCUT2D eigenvalue weighted by Crippen LogP contribution is 2.29. The summed E-state index contributed by atoms with van der Waals surface area (Å²) in [5, 5.41) is 14.4. The van der Waals surface area contributed by atoms with E-state index in [4.69, 9.17) is 5.73 Å². The first-order valence-corrected chi connectivity index (χ1v) is 5.54. The zero-order valence-electron chi connectivity index (χ0n) is 10.3. The maximum Gasteiger partial charge on any atom is 0.127 e. The summed E-state index contributed by atoms with van der Waals surface area (Å²) in [4.78, 5) is 0. The molecule has 4 heteroatoms. The van der Waals surface area contributed by atoms with Crippen LogP contribution in [0, 0.1) is 13.8 Å². The van der Waals surface area contributed by atoms with Crippen LogP contribution in [0.15, 0.2) is 24.4 Å². The molecule has 0 aliphatic heterocycles. The van der Waals surface area contributed by atoms with Crippen LogP contribution in [-0.4, -0.2) is 14.9 Å². The monoisotopic (exact) mass is 231 g/mol. The van der Waals surface area contributed by atoms with Crippen molar-refractivity contribution in [2.24, 2.45) is 7.05 Å². The second-order valence-corrected chi connectivity index (χ2v) is 4.30. The largest absolute Gasteiger partial charge is 0.384 e. The molecule has 17 heavy (non-hydrogen) atoms. The summed E-state index contributed by atoms with van der Waals surface area (Å²) in [5.74, 6) is 0.499. The average Bonchev–Trinajstić information content (AvgIpc) is 2.63. The van der Waals surface area contributed by atoms with Gasteiger partial charge in [0, 0.05) is 12.6 Å². The summed E-state index contributed by atoms with van der Waals surface area (Å²) in [5.41, 5.74) is 9.65. The first-order valence-electron chi connectivity index (χ1n) is 5.54. The number of benzene rings is 1. The summed E-state index contributed by atoms with van der Waals surface area (Å²) in [7, 11) is 1.76. The Kier molecular flexibility index (Phi) is 2.90. The van der Waals surface area contributed by atoms with Gasteiger partial charge in [-0.15, -0.1) is 0 Å². The Bertz CT molecular complexity index is 546. The lowest BCUT2D eigenvalue weighted by Gasteiger charge is -2.14. The molecule has 0 spiro atoms. The minimum Gasteiger partial charge on any atom is -0.384 e. The van der Waals surface area contributed by atoms with E-state index in [0.717, 1.165) is 16.7 Å². The molecule has 1 aromatic carbocycles. The van der Waals surface area contributed by atoms with Gasteiger partial charge >= 0.3 is 0 Å². The van der Waals surface area contributed by atoms with E-state index < -0.39 is 6.10 Å². The van der Waals surface area contributed by atoms with Crippen LogP contribution in [0.2, 0.25) is 0 Å². The van der Waals surface area contributed by atoms with Gasteiger partial charge in [-0.1, -0.05) is 18.2 Å². The molecule has 0 amide bonds. The number of aromatic nitrogens is 2. The molecule has 0 bridgehead atoms. The van der Waals surface area contributed by atoms with E-state index in [-0.39, 0.29) is 0 Å². The Labute approximate surface area is 101 Å². The topological polar surface area (TPSA) is 64.1 Å². The van der Waals surface area contributed by atoms with Crippen LogP contribution in [-0.2, 0) is 7.05 Å². The molecule has 0 fully saturated rings. The molecule has 1 aromatic heterocycles. The number of nitrogen functional groups attached to an aromatic ring is 1. The van der Waals surface area contributed by atoms with Crippen LogP contribution < -0.4 is 5.73 Å². The number of nitrogens with zero attached hydrogens (tertiary/aromatic N) is 2. The molecule has 1 unspecified atom stereocenters. The van der Waals surface area contributed by atoms with Gasteiger partial charge in [0.1, 0.15) is 11.9 Å². The van der Waals surface area contributed by atoms with E-state index in [1.807, 2.05) is 32.0 Å². The van der Waals surface area contributed by atoms with Crippen LogP contribution in [0.5, 0.6) is 0 Å². The molecule has 0 saturated heterocycles. The lowest BCUT2D eigenvalue weighted by atomic mass is 9.96. The number of rotatable bonds is 2. The minimum absolute atomic E-state index is 0.499. The van der Waals surface area contributed by atoms with E-state index in [1.54, 1.807) is 17.9 Å².